The fourth-order valence-electron chi connectivity index (χ4n) is 1.21. The Morgan fingerprint density at radius 3 is 1.93 bits per heavy atom. The molecule has 0 atom stereocenters. The van der Waals surface area contributed by atoms with Gasteiger partial charge in [0, 0.05) is 32.8 Å². The lowest BCUT2D eigenvalue weighted by Gasteiger charge is -2.13. The summed E-state index contributed by atoms with van der Waals surface area (Å²) >= 11 is 0. The first kappa shape index (κ1) is 15.7. The summed E-state index contributed by atoms with van der Waals surface area (Å²) in [6, 6.07) is 0.523. The van der Waals surface area contributed by atoms with Crippen molar-refractivity contribution in [2.45, 2.75) is 53.5 Å². The zero-order chi connectivity index (χ0) is 10.4. The topological polar surface area (TPSA) is 17.8 Å². The molecule has 1 aromatic rings. The van der Waals surface area contributed by atoms with Gasteiger partial charge in [-0.25, -0.2) is 4.98 Å². The molecule has 0 spiro atoms. The zero-order valence-corrected chi connectivity index (χ0v) is 10.3. The molecule has 79 valence electrons. The van der Waals surface area contributed by atoms with Crippen molar-refractivity contribution in [3.05, 3.63) is 18.2 Å². The van der Waals surface area contributed by atoms with Crippen LogP contribution in [0, 0.1) is 0 Å². The molecule has 0 saturated carbocycles. The van der Waals surface area contributed by atoms with Gasteiger partial charge in [0.2, 0.25) is 0 Å². The summed E-state index contributed by atoms with van der Waals surface area (Å²) in [6.07, 6.45) is 3.91. The summed E-state index contributed by atoms with van der Waals surface area (Å²) in [5.41, 5.74) is 0. The van der Waals surface area contributed by atoms with Crippen molar-refractivity contribution >= 4 is 8.41 Å². The van der Waals surface area contributed by atoms with Crippen molar-refractivity contribution < 1.29 is 0 Å². The lowest BCUT2D eigenvalue weighted by molar-refractivity contribution is 0.550. The lowest BCUT2D eigenvalue weighted by Crippen LogP contribution is -2.06. The van der Waals surface area contributed by atoms with Crippen molar-refractivity contribution in [3.8, 4) is 0 Å². The van der Waals surface area contributed by atoms with Crippen LogP contribution in [0.4, 0.5) is 0 Å². The molecule has 1 aromatic heterocycles. The van der Waals surface area contributed by atoms with Crippen molar-refractivity contribution in [2.24, 2.45) is 0 Å². The molecule has 3 radical (unpaired) electrons. The van der Waals surface area contributed by atoms with Crippen molar-refractivity contribution in [3.63, 3.8) is 0 Å². The number of aromatic nitrogens is 2. The van der Waals surface area contributed by atoms with E-state index < -0.39 is 0 Å². The lowest BCUT2D eigenvalue weighted by atomic mass is 10.2. The van der Waals surface area contributed by atoms with Gasteiger partial charge in [-0.2, -0.15) is 0 Å². The molecule has 14 heavy (non-hydrogen) atoms. The Hall–Kier alpha value is -0.725. The first-order chi connectivity index (χ1) is 6.13. The van der Waals surface area contributed by atoms with Gasteiger partial charge in [-0.3, -0.25) is 0 Å². The quantitative estimate of drug-likeness (QED) is 0.659. The summed E-state index contributed by atoms with van der Waals surface area (Å²) in [4.78, 5) is 4.30. The second-order valence-corrected chi connectivity index (χ2v) is 3.44. The van der Waals surface area contributed by atoms with Gasteiger partial charge in [0.15, 0.2) is 0 Å². The molecule has 0 aromatic carbocycles. The Morgan fingerprint density at radius 1 is 1.14 bits per heavy atom. The summed E-state index contributed by atoms with van der Waals surface area (Å²) in [6.45, 7) is 12.7. The fraction of sp³-hybridized carbons (Fsp3) is 0.727. The maximum absolute atomic E-state index is 4.30. The van der Waals surface area contributed by atoms with Gasteiger partial charge < -0.3 is 4.57 Å². The number of nitrogens with zero attached hydrogens (tertiary/aromatic N) is 2. The zero-order valence-electron chi connectivity index (χ0n) is 10.3. The molecule has 0 saturated heterocycles. The molecule has 0 fully saturated rings. The van der Waals surface area contributed by atoms with Crippen LogP contribution in [0.5, 0.6) is 0 Å². The summed E-state index contributed by atoms with van der Waals surface area (Å²) in [7, 11) is 0. The minimum atomic E-state index is 0. The standard InChI is InChI=1S/C9H16N2.C2H6.B/c1-7(2)9-10-5-6-11(9)8(3)4;1-2;/h5-8H,1-4H3;1-2H3;. The van der Waals surface area contributed by atoms with Crippen LogP contribution in [0.1, 0.15) is 59.3 Å². The number of imidazole rings is 1. The average molecular weight is 193 g/mol. The normalized spacial score (nSPS) is 9.43. The highest BCUT2D eigenvalue weighted by atomic mass is 15.1. The van der Waals surface area contributed by atoms with Crippen molar-refractivity contribution in [1.29, 1.82) is 0 Å². The molecule has 0 bridgehead atoms. The van der Waals surface area contributed by atoms with E-state index in [-0.39, 0.29) is 8.41 Å². The highest BCUT2D eigenvalue weighted by Gasteiger charge is 2.08. The number of hydrogen-bond donors (Lipinski definition) is 0. The fourth-order valence-corrected chi connectivity index (χ4v) is 1.21. The van der Waals surface area contributed by atoms with Crippen LogP contribution in [0.25, 0.3) is 0 Å². The van der Waals surface area contributed by atoms with E-state index >= 15 is 0 Å². The second kappa shape index (κ2) is 7.66. The molecule has 0 unspecified atom stereocenters. The van der Waals surface area contributed by atoms with E-state index in [0.717, 1.165) is 0 Å². The molecule has 0 aliphatic carbocycles. The van der Waals surface area contributed by atoms with Crippen LogP contribution in [-0.4, -0.2) is 18.0 Å². The Bertz CT molecular complexity index is 206. The van der Waals surface area contributed by atoms with Gasteiger partial charge in [-0.05, 0) is 13.8 Å². The third-order valence-corrected chi connectivity index (χ3v) is 1.77. The average Bonchev–Trinajstić information content (AvgIpc) is 2.55. The van der Waals surface area contributed by atoms with Crippen molar-refractivity contribution in [2.75, 3.05) is 0 Å². The molecular weight excluding hydrogens is 171 g/mol. The molecule has 1 rings (SSSR count). The Labute approximate surface area is 90.3 Å². The molecule has 1 heterocycles. The smallest absolute Gasteiger partial charge is 0.111 e. The van der Waals surface area contributed by atoms with Gasteiger partial charge in [-0.15, -0.1) is 0 Å². The monoisotopic (exact) mass is 193 g/mol. The Morgan fingerprint density at radius 2 is 1.64 bits per heavy atom. The van der Waals surface area contributed by atoms with E-state index in [4.69, 9.17) is 0 Å². The van der Waals surface area contributed by atoms with Gasteiger partial charge in [0.05, 0.1) is 0 Å². The summed E-state index contributed by atoms with van der Waals surface area (Å²) in [5, 5.41) is 0. The van der Waals surface area contributed by atoms with Gasteiger partial charge in [0.25, 0.3) is 0 Å². The molecule has 0 amide bonds. The van der Waals surface area contributed by atoms with E-state index in [0.29, 0.717) is 12.0 Å². The molecular formula is C11H22BN2. The van der Waals surface area contributed by atoms with Gasteiger partial charge in [0.1, 0.15) is 5.82 Å². The SMILES string of the molecule is CC.CC(C)c1nccn1C(C)C.[B]. The highest BCUT2D eigenvalue weighted by Crippen LogP contribution is 2.15. The number of hydrogen-bond acceptors (Lipinski definition) is 1. The van der Waals surface area contributed by atoms with Crippen LogP contribution >= 0.6 is 0 Å². The van der Waals surface area contributed by atoms with E-state index in [1.54, 1.807) is 0 Å². The van der Waals surface area contributed by atoms with E-state index in [1.165, 1.54) is 5.82 Å². The first-order valence-electron chi connectivity index (χ1n) is 5.15. The predicted molar refractivity (Wildman–Crippen MR) is 63.8 cm³/mol. The molecule has 3 heteroatoms. The third kappa shape index (κ3) is 3.99. The number of rotatable bonds is 2. The van der Waals surface area contributed by atoms with Crippen molar-refractivity contribution in [1.82, 2.24) is 9.55 Å². The second-order valence-electron chi connectivity index (χ2n) is 3.44. The summed E-state index contributed by atoms with van der Waals surface area (Å²) in [5.74, 6) is 1.70. The van der Waals surface area contributed by atoms with Gasteiger partial charge in [-0.1, -0.05) is 27.7 Å². The molecule has 0 aliphatic rings. The molecule has 0 N–H and O–H groups in total. The maximum Gasteiger partial charge on any atom is 0.111 e. The van der Waals surface area contributed by atoms with Crippen LogP contribution in [0.3, 0.4) is 0 Å². The third-order valence-electron chi connectivity index (χ3n) is 1.77. The predicted octanol–water partition coefficient (Wildman–Crippen LogP) is 3.23. The van der Waals surface area contributed by atoms with Crippen LogP contribution in [-0.2, 0) is 0 Å². The van der Waals surface area contributed by atoms with Crippen LogP contribution < -0.4 is 0 Å². The summed E-state index contributed by atoms with van der Waals surface area (Å²) < 4.78 is 2.21. The van der Waals surface area contributed by atoms with Crippen LogP contribution in [0.15, 0.2) is 12.4 Å². The largest absolute Gasteiger partial charge is 0.332 e. The van der Waals surface area contributed by atoms with E-state index in [2.05, 4.69) is 37.2 Å². The maximum atomic E-state index is 4.30. The first-order valence-corrected chi connectivity index (χ1v) is 5.15. The van der Waals surface area contributed by atoms with Gasteiger partial charge >= 0.3 is 0 Å². The molecule has 0 aliphatic heterocycles. The minimum Gasteiger partial charge on any atom is -0.332 e. The Balaban J connectivity index is 0. The van der Waals surface area contributed by atoms with Crippen LogP contribution in [0.2, 0.25) is 0 Å². The van der Waals surface area contributed by atoms with E-state index in [9.17, 15) is 0 Å². The Kier molecular flexibility index (Phi) is 8.61. The van der Waals surface area contributed by atoms with E-state index in [1.807, 2.05) is 26.2 Å². The molecule has 2 nitrogen and oxygen atoms in total. The minimum absolute atomic E-state index is 0. The highest BCUT2D eigenvalue weighted by molar-refractivity contribution is 5.75.